The predicted molar refractivity (Wildman–Crippen MR) is 37.9 cm³/mol. The molecule has 1 aromatic rings. The summed E-state index contributed by atoms with van der Waals surface area (Å²) in [5.41, 5.74) is 0. The Kier molecular flexibility index (Phi) is 2.04. The van der Waals surface area contributed by atoms with Crippen LogP contribution >= 0.6 is 23.2 Å². The van der Waals surface area contributed by atoms with E-state index < -0.39 is 4.84 Å². The van der Waals surface area contributed by atoms with Crippen LogP contribution in [-0.4, -0.2) is 0 Å². The largest absolute Gasteiger partial charge is 0.463 e. The van der Waals surface area contributed by atoms with E-state index in [0.717, 1.165) is 5.76 Å². The van der Waals surface area contributed by atoms with Crippen molar-refractivity contribution < 1.29 is 4.42 Å². The summed E-state index contributed by atoms with van der Waals surface area (Å²) in [6, 6.07) is 3.59. The van der Waals surface area contributed by atoms with E-state index in [1.165, 1.54) is 0 Å². The lowest BCUT2D eigenvalue weighted by molar-refractivity contribution is 0.497. The van der Waals surface area contributed by atoms with Gasteiger partial charge in [0, 0.05) is 0 Å². The number of hydrogen-bond donors (Lipinski definition) is 0. The van der Waals surface area contributed by atoms with Crippen molar-refractivity contribution in [1.82, 2.24) is 0 Å². The van der Waals surface area contributed by atoms with Crippen LogP contribution in [0.3, 0.4) is 0 Å². The van der Waals surface area contributed by atoms with Crippen LogP contribution in [0.15, 0.2) is 16.5 Å². The van der Waals surface area contributed by atoms with Gasteiger partial charge in [0.25, 0.3) is 0 Å². The van der Waals surface area contributed by atoms with E-state index in [1.807, 2.05) is 13.0 Å². The number of halogens is 2. The normalized spacial score (nSPS) is 10.7. The Hall–Kier alpha value is -0.140. The van der Waals surface area contributed by atoms with Crippen molar-refractivity contribution in [2.75, 3.05) is 0 Å². The van der Waals surface area contributed by atoms with Crippen LogP contribution < -0.4 is 0 Å². The molecule has 0 spiro atoms. The van der Waals surface area contributed by atoms with Gasteiger partial charge >= 0.3 is 0 Å². The van der Waals surface area contributed by atoms with E-state index in [-0.39, 0.29) is 0 Å². The molecule has 0 amide bonds. The lowest BCUT2D eigenvalue weighted by atomic mass is 10.5. The van der Waals surface area contributed by atoms with Crippen molar-refractivity contribution in [1.29, 1.82) is 0 Å². The Balaban J connectivity index is 2.85. The third-order valence-corrected chi connectivity index (χ3v) is 1.41. The van der Waals surface area contributed by atoms with E-state index >= 15 is 0 Å². The van der Waals surface area contributed by atoms with E-state index in [1.54, 1.807) is 6.07 Å². The molecule has 0 aliphatic carbocycles. The second-order valence-corrected chi connectivity index (χ2v) is 2.85. The van der Waals surface area contributed by atoms with Gasteiger partial charge in [-0.1, -0.05) is 23.2 Å². The van der Waals surface area contributed by atoms with Gasteiger partial charge in [-0.15, -0.1) is 0 Å². The average molecular weight is 165 g/mol. The van der Waals surface area contributed by atoms with Gasteiger partial charge in [0.05, 0.1) is 0 Å². The summed E-state index contributed by atoms with van der Waals surface area (Å²) in [6.07, 6.45) is 0. The topological polar surface area (TPSA) is 13.1 Å². The van der Waals surface area contributed by atoms with E-state index in [4.69, 9.17) is 27.6 Å². The van der Waals surface area contributed by atoms with Gasteiger partial charge in [0.2, 0.25) is 0 Å². The second-order valence-electron chi connectivity index (χ2n) is 1.75. The van der Waals surface area contributed by atoms with Crippen LogP contribution in [0.5, 0.6) is 0 Å². The van der Waals surface area contributed by atoms with Crippen LogP contribution in [0.1, 0.15) is 16.4 Å². The van der Waals surface area contributed by atoms with Gasteiger partial charge < -0.3 is 4.42 Å². The van der Waals surface area contributed by atoms with Crippen LogP contribution in [-0.2, 0) is 0 Å². The molecule has 0 aromatic carbocycles. The molecule has 9 heavy (non-hydrogen) atoms. The molecule has 0 bridgehead atoms. The van der Waals surface area contributed by atoms with Crippen molar-refractivity contribution in [3.05, 3.63) is 23.7 Å². The SMILES string of the molecule is Cc1ccc(C(Cl)Cl)o1. The first-order valence-corrected chi connectivity index (χ1v) is 3.42. The third-order valence-electron chi connectivity index (χ3n) is 0.976. The molecule has 50 valence electrons. The Bertz CT molecular complexity index is 193. The fourth-order valence-corrected chi connectivity index (χ4v) is 0.805. The maximum atomic E-state index is 5.49. The Morgan fingerprint density at radius 1 is 1.44 bits per heavy atom. The van der Waals surface area contributed by atoms with Gasteiger partial charge in [-0.3, -0.25) is 0 Å². The van der Waals surface area contributed by atoms with Gasteiger partial charge in [-0.25, -0.2) is 0 Å². The number of aryl methyl sites for hydroxylation is 1. The lowest BCUT2D eigenvalue weighted by Gasteiger charge is -1.91. The van der Waals surface area contributed by atoms with Crippen LogP contribution in [0.25, 0.3) is 0 Å². The molecule has 0 N–H and O–H groups in total. The molecule has 0 radical (unpaired) electrons. The van der Waals surface area contributed by atoms with E-state index in [2.05, 4.69) is 0 Å². The molecule has 0 aliphatic rings. The number of rotatable bonds is 1. The first-order chi connectivity index (χ1) is 4.20. The molecule has 1 aromatic heterocycles. The summed E-state index contributed by atoms with van der Waals surface area (Å²) in [7, 11) is 0. The first kappa shape index (κ1) is 6.97. The second kappa shape index (κ2) is 2.63. The summed E-state index contributed by atoms with van der Waals surface area (Å²) in [5.74, 6) is 1.44. The van der Waals surface area contributed by atoms with Crippen molar-refractivity contribution in [3.8, 4) is 0 Å². The fraction of sp³-hybridized carbons (Fsp3) is 0.333. The summed E-state index contributed by atoms with van der Waals surface area (Å²) >= 11 is 11.0. The fourth-order valence-electron chi connectivity index (χ4n) is 0.571. The van der Waals surface area contributed by atoms with Gasteiger partial charge in [-0.05, 0) is 19.1 Å². The lowest BCUT2D eigenvalue weighted by Crippen LogP contribution is -1.71. The molecule has 1 heterocycles. The molecule has 1 nitrogen and oxygen atoms in total. The summed E-state index contributed by atoms with van der Waals surface area (Å²) in [6.45, 7) is 1.85. The number of hydrogen-bond acceptors (Lipinski definition) is 1. The maximum absolute atomic E-state index is 5.49. The smallest absolute Gasteiger partial charge is 0.165 e. The van der Waals surface area contributed by atoms with E-state index in [0.29, 0.717) is 5.76 Å². The average Bonchev–Trinajstić information content (AvgIpc) is 2.14. The summed E-state index contributed by atoms with van der Waals surface area (Å²) < 4.78 is 5.08. The van der Waals surface area contributed by atoms with Crippen LogP contribution in [0, 0.1) is 6.92 Å². The number of alkyl halides is 2. The monoisotopic (exact) mass is 164 g/mol. The Labute approximate surface area is 63.6 Å². The maximum Gasteiger partial charge on any atom is 0.165 e. The first-order valence-electron chi connectivity index (χ1n) is 2.54. The predicted octanol–water partition coefficient (Wildman–Crippen LogP) is 3.06. The highest BCUT2D eigenvalue weighted by atomic mass is 35.5. The highest BCUT2D eigenvalue weighted by Crippen LogP contribution is 2.25. The molecule has 0 saturated carbocycles. The standard InChI is InChI=1S/C6H6Cl2O/c1-4-2-3-5(9-4)6(7)8/h2-3,6H,1H3. The molecular formula is C6H6Cl2O. The minimum Gasteiger partial charge on any atom is -0.463 e. The van der Waals surface area contributed by atoms with Crippen molar-refractivity contribution >= 4 is 23.2 Å². The number of furan rings is 1. The summed E-state index contributed by atoms with van der Waals surface area (Å²) in [5, 5.41) is 0. The van der Waals surface area contributed by atoms with Crippen LogP contribution in [0.4, 0.5) is 0 Å². The minimum absolute atomic E-state index is 0.543. The van der Waals surface area contributed by atoms with E-state index in [9.17, 15) is 0 Å². The molecule has 1 rings (SSSR count). The van der Waals surface area contributed by atoms with Crippen molar-refractivity contribution in [2.45, 2.75) is 11.8 Å². The van der Waals surface area contributed by atoms with Crippen molar-refractivity contribution in [2.24, 2.45) is 0 Å². The zero-order valence-electron chi connectivity index (χ0n) is 4.90. The Morgan fingerprint density at radius 3 is 2.33 bits per heavy atom. The van der Waals surface area contributed by atoms with Crippen molar-refractivity contribution in [3.63, 3.8) is 0 Å². The van der Waals surface area contributed by atoms with Gasteiger partial charge in [-0.2, -0.15) is 0 Å². The molecule has 0 aliphatic heterocycles. The van der Waals surface area contributed by atoms with Crippen LogP contribution in [0.2, 0.25) is 0 Å². The zero-order chi connectivity index (χ0) is 6.85. The molecule has 0 atom stereocenters. The highest BCUT2D eigenvalue weighted by molar-refractivity contribution is 6.43. The molecule has 0 saturated heterocycles. The molecule has 3 heteroatoms. The quantitative estimate of drug-likeness (QED) is 0.582. The zero-order valence-corrected chi connectivity index (χ0v) is 6.41. The third kappa shape index (κ3) is 1.63. The summed E-state index contributed by atoms with van der Waals surface area (Å²) in [4.78, 5) is -0.543. The Morgan fingerprint density at radius 2 is 2.11 bits per heavy atom. The highest BCUT2D eigenvalue weighted by Gasteiger charge is 2.05. The molecule has 0 unspecified atom stereocenters. The molecule has 0 fully saturated rings. The van der Waals surface area contributed by atoms with Gasteiger partial charge in [0.1, 0.15) is 11.5 Å². The molecular weight excluding hydrogens is 159 g/mol. The van der Waals surface area contributed by atoms with Gasteiger partial charge in [0.15, 0.2) is 4.84 Å². The minimum atomic E-state index is -0.543.